The zero-order valence-corrected chi connectivity index (χ0v) is 13.1. The summed E-state index contributed by atoms with van der Waals surface area (Å²) < 4.78 is 5.33. The molecule has 0 fully saturated rings. The summed E-state index contributed by atoms with van der Waals surface area (Å²) in [4.78, 5) is 2.26. The summed E-state index contributed by atoms with van der Waals surface area (Å²) in [5.41, 5.74) is 10.0. The molecule has 0 heterocycles. The summed E-state index contributed by atoms with van der Waals surface area (Å²) in [6, 6.07) is 26.4. The number of methoxy groups -OCH3 is 1. The molecule has 3 aromatic carbocycles. The lowest BCUT2D eigenvalue weighted by atomic mass is 10.1. The smallest absolute Gasteiger partial charge is 0.119 e. The molecular formula is C20H20N2O. The van der Waals surface area contributed by atoms with E-state index in [-0.39, 0.29) is 0 Å². The number of rotatable bonds is 5. The van der Waals surface area contributed by atoms with Crippen molar-refractivity contribution in [2.75, 3.05) is 17.7 Å². The van der Waals surface area contributed by atoms with E-state index in [1.807, 2.05) is 54.6 Å². The highest BCUT2D eigenvalue weighted by Gasteiger charge is 2.10. The highest BCUT2D eigenvalue weighted by Crippen LogP contribution is 2.28. The van der Waals surface area contributed by atoms with Gasteiger partial charge in [0.2, 0.25) is 0 Å². The maximum Gasteiger partial charge on any atom is 0.119 e. The maximum absolute atomic E-state index is 5.82. The van der Waals surface area contributed by atoms with Crippen LogP contribution in [0.2, 0.25) is 0 Å². The predicted molar refractivity (Wildman–Crippen MR) is 96.1 cm³/mol. The molecule has 0 atom stereocenters. The summed E-state index contributed by atoms with van der Waals surface area (Å²) in [7, 11) is 1.69. The standard InChI is InChI=1S/C20H20N2O/c1-23-20-9-5-6-16(14-20)15-22(18-7-3-2-4-8-18)19-12-10-17(21)11-13-19/h2-14H,15,21H2,1H3. The van der Waals surface area contributed by atoms with Crippen molar-refractivity contribution in [2.45, 2.75) is 6.54 Å². The number of para-hydroxylation sites is 1. The second-order valence-electron chi connectivity index (χ2n) is 5.36. The van der Waals surface area contributed by atoms with Gasteiger partial charge in [-0.25, -0.2) is 0 Å². The van der Waals surface area contributed by atoms with Crippen molar-refractivity contribution in [3.63, 3.8) is 0 Å². The van der Waals surface area contributed by atoms with Crippen LogP contribution in [0.3, 0.4) is 0 Å². The van der Waals surface area contributed by atoms with Gasteiger partial charge in [0.1, 0.15) is 5.75 Å². The molecule has 116 valence electrons. The number of anilines is 3. The minimum Gasteiger partial charge on any atom is -0.497 e. The van der Waals surface area contributed by atoms with Crippen LogP contribution < -0.4 is 15.4 Å². The van der Waals surface area contributed by atoms with E-state index >= 15 is 0 Å². The second-order valence-corrected chi connectivity index (χ2v) is 5.36. The number of hydrogen-bond donors (Lipinski definition) is 1. The van der Waals surface area contributed by atoms with Gasteiger partial charge >= 0.3 is 0 Å². The van der Waals surface area contributed by atoms with Crippen molar-refractivity contribution >= 4 is 17.1 Å². The molecule has 3 rings (SSSR count). The molecule has 0 radical (unpaired) electrons. The molecule has 23 heavy (non-hydrogen) atoms. The van der Waals surface area contributed by atoms with E-state index in [4.69, 9.17) is 10.5 Å². The summed E-state index contributed by atoms with van der Waals surface area (Å²) in [6.07, 6.45) is 0. The number of nitrogen functional groups attached to an aromatic ring is 1. The number of nitrogens with two attached hydrogens (primary N) is 1. The number of benzene rings is 3. The SMILES string of the molecule is COc1cccc(CN(c2ccccc2)c2ccc(N)cc2)c1. The van der Waals surface area contributed by atoms with E-state index in [1.54, 1.807) is 7.11 Å². The Kier molecular flexibility index (Phi) is 4.48. The second kappa shape index (κ2) is 6.88. The fourth-order valence-corrected chi connectivity index (χ4v) is 2.55. The monoisotopic (exact) mass is 304 g/mol. The molecule has 0 saturated carbocycles. The number of hydrogen-bond acceptors (Lipinski definition) is 3. The minimum absolute atomic E-state index is 0.755. The van der Waals surface area contributed by atoms with Gasteiger partial charge in [0.25, 0.3) is 0 Å². The molecule has 0 aromatic heterocycles. The average molecular weight is 304 g/mol. The first kappa shape index (κ1) is 15.0. The first-order chi connectivity index (χ1) is 11.3. The van der Waals surface area contributed by atoms with Crippen LogP contribution in [-0.2, 0) is 6.54 Å². The van der Waals surface area contributed by atoms with Crippen LogP contribution in [0, 0.1) is 0 Å². The Morgan fingerprint density at radius 2 is 1.52 bits per heavy atom. The zero-order valence-electron chi connectivity index (χ0n) is 13.1. The lowest BCUT2D eigenvalue weighted by molar-refractivity contribution is 0.414. The topological polar surface area (TPSA) is 38.5 Å². The molecular weight excluding hydrogens is 284 g/mol. The molecule has 0 spiro atoms. The normalized spacial score (nSPS) is 10.3. The van der Waals surface area contributed by atoms with Crippen molar-refractivity contribution < 1.29 is 4.74 Å². The van der Waals surface area contributed by atoms with Crippen LogP contribution in [0.15, 0.2) is 78.9 Å². The van der Waals surface area contributed by atoms with Crippen molar-refractivity contribution in [2.24, 2.45) is 0 Å². The molecule has 3 heteroatoms. The number of ether oxygens (including phenoxy) is 1. The van der Waals surface area contributed by atoms with E-state index in [2.05, 4.69) is 29.2 Å². The van der Waals surface area contributed by atoms with Gasteiger partial charge in [0, 0.05) is 23.6 Å². The van der Waals surface area contributed by atoms with Crippen molar-refractivity contribution in [3.05, 3.63) is 84.4 Å². The third kappa shape index (κ3) is 3.64. The maximum atomic E-state index is 5.82. The Hall–Kier alpha value is -2.94. The molecule has 0 aliphatic carbocycles. The van der Waals surface area contributed by atoms with Crippen molar-refractivity contribution in [1.29, 1.82) is 0 Å². The van der Waals surface area contributed by atoms with Gasteiger partial charge in [-0.15, -0.1) is 0 Å². The summed E-state index contributed by atoms with van der Waals surface area (Å²) >= 11 is 0. The molecule has 0 unspecified atom stereocenters. The quantitative estimate of drug-likeness (QED) is 0.699. The van der Waals surface area contributed by atoms with Crippen LogP contribution in [0.25, 0.3) is 0 Å². The number of nitrogens with zero attached hydrogens (tertiary/aromatic N) is 1. The predicted octanol–water partition coefficient (Wildman–Crippen LogP) is 4.62. The van der Waals surface area contributed by atoms with Crippen LogP contribution in [0.1, 0.15) is 5.56 Å². The molecule has 0 bridgehead atoms. The zero-order chi connectivity index (χ0) is 16.1. The van der Waals surface area contributed by atoms with E-state index < -0.39 is 0 Å². The van der Waals surface area contributed by atoms with E-state index in [1.165, 1.54) is 5.56 Å². The Balaban J connectivity index is 1.96. The van der Waals surface area contributed by atoms with Crippen LogP contribution >= 0.6 is 0 Å². The molecule has 0 aliphatic heterocycles. The van der Waals surface area contributed by atoms with Crippen LogP contribution in [-0.4, -0.2) is 7.11 Å². The first-order valence-corrected chi connectivity index (χ1v) is 7.57. The highest BCUT2D eigenvalue weighted by atomic mass is 16.5. The summed E-state index contributed by atoms with van der Waals surface area (Å²) in [5.74, 6) is 0.868. The van der Waals surface area contributed by atoms with Crippen LogP contribution in [0.5, 0.6) is 5.75 Å². The third-order valence-electron chi connectivity index (χ3n) is 3.75. The Morgan fingerprint density at radius 1 is 0.826 bits per heavy atom. The lowest BCUT2D eigenvalue weighted by Gasteiger charge is -2.25. The lowest BCUT2D eigenvalue weighted by Crippen LogP contribution is -2.16. The largest absolute Gasteiger partial charge is 0.497 e. The van der Waals surface area contributed by atoms with Gasteiger partial charge in [-0.05, 0) is 54.1 Å². The Labute approximate surface area is 136 Å². The van der Waals surface area contributed by atoms with Gasteiger partial charge in [-0.3, -0.25) is 0 Å². The highest BCUT2D eigenvalue weighted by molar-refractivity contribution is 5.65. The average Bonchev–Trinajstić information content (AvgIpc) is 2.61. The van der Waals surface area contributed by atoms with E-state index in [0.717, 1.165) is 29.4 Å². The Morgan fingerprint density at radius 3 is 2.22 bits per heavy atom. The van der Waals surface area contributed by atoms with Crippen molar-refractivity contribution in [3.8, 4) is 5.75 Å². The summed E-state index contributed by atoms with van der Waals surface area (Å²) in [5, 5.41) is 0. The molecule has 0 amide bonds. The molecule has 2 N–H and O–H groups in total. The fourth-order valence-electron chi connectivity index (χ4n) is 2.55. The van der Waals surface area contributed by atoms with Gasteiger partial charge in [-0.2, -0.15) is 0 Å². The minimum atomic E-state index is 0.755. The van der Waals surface area contributed by atoms with Gasteiger partial charge < -0.3 is 15.4 Å². The molecule has 3 aromatic rings. The van der Waals surface area contributed by atoms with Gasteiger partial charge in [0.15, 0.2) is 0 Å². The molecule has 0 aliphatic rings. The first-order valence-electron chi connectivity index (χ1n) is 7.57. The van der Waals surface area contributed by atoms with Gasteiger partial charge in [-0.1, -0.05) is 30.3 Å². The Bertz CT molecular complexity index is 754. The summed E-state index contributed by atoms with van der Waals surface area (Å²) in [6.45, 7) is 0.755. The van der Waals surface area contributed by atoms with Gasteiger partial charge in [0.05, 0.1) is 7.11 Å². The fraction of sp³-hybridized carbons (Fsp3) is 0.100. The van der Waals surface area contributed by atoms with E-state index in [0.29, 0.717) is 0 Å². The molecule has 0 saturated heterocycles. The van der Waals surface area contributed by atoms with Crippen molar-refractivity contribution in [1.82, 2.24) is 0 Å². The third-order valence-corrected chi connectivity index (χ3v) is 3.75. The van der Waals surface area contributed by atoms with Crippen LogP contribution in [0.4, 0.5) is 17.1 Å². The molecule has 3 nitrogen and oxygen atoms in total. The van der Waals surface area contributed by atoms with E-state index in [9.17, 15) is 0 Å².